The first-order chi connectivity index (χ1) is 7.59. The van der Waals surface area contributed by atoms with E-state index in [4.69, 9.17) is 5.10 Å². The Morgan fingerprint density at radius 2 is 2.19 bits per heavy atom. The Morgan fingerprint density at radius 1 is 1.44 bits per heavy atom. The summed E-state index contributed by atoms with van der Waals surface area (Å²) >= 11 is 0. The zero-order valence-electron chi connectivity index (χ0n) is 10.3. The molecular weight excluding hydrogens is 196 g/mol. The molecule has 0 saturated heterocycles. The summed E-state index contributed by atoms with van der Waals surface area (Å²) in [7, 11) is 0. The zero-order valence-corrected chi connectivity index (χ0v) is 10.3. The molecule has 1 heterocycles. The van der Waals surface area contributed by atoms with Crippen LogP contribution in [0.15, 0.2) is 6.58 Å². The van der Waals surface area contributed by atoms with E-state index in [-0.39, 0.29) is 0 Å². The van der Waals surface area contributed by atoms with Crippen LogP contribution >= 0.6 is 0 Å². The zero-order chi connectivity index (χ0) is 11.3. The minimum Gasteiger partial charge on any atom is -0.268 e. The van der Waals surface area contributed by atoms with Crippen molar-refractivity contribution < 1.29 is 0 Å². The van der Waals surface area contributed by atoms with Crippen molar-refractivity contribution in [2.24, 2.45) is 5.41 Å². The molecule has 2 heteroatoms. The third-order valence-corrected chi connectivity index (χ3v) is 4.05. The Labute approximate surface area is 97.4 Å². The average molecular weight is 216 g/mol. The lowest BCUT2D eigenvalue weighted by Crippen LogP contribution is -2.12. The SMILES string of the molecule is C=C(C)c1nn(CC2(C)CC2)c2c1CCC2. The predicted molar refractivity (Wildman–Crippen MR) is 66.3 cm³/mol. The van der Waals surface area contributed by atoms with Crippen LogP contribution in [0.2, 0.25) is 0 Å². The van der Waals surface area contributed by atoms with Crippen LogP contribution < -0.4 is 0 Å². The smallest absolute Gasteiger partial charge is 0.0908 e. The molecule has 0 spiro atoms. The Morgan fingerprint density at radius 3 is 2.81 bits per heavy atom. The van der Waals surface area contributed by atoms with E-state index in [1.54, 1.807) is 0 Å². The van der Waals surface area contributed by atoms with E-state index < -0.39 is 0 Å². The van der Waals surface area contributed by atoms with Gasteiger partial charge >= 0.3 is 0 Å². The van der Waals surface area contributed by atoms with Crippen LogP contribution in [0, 0.1) is 5.41 Å². The van der Waals surface area contributed by atoms with Crippen molar-refractivity contribution in [1.82, 2.24) is 9.78 Å². The van der Waals surface area contributed by atoms with E-state index >= 15 is 0 Å². The van der Waals surface area contributed by atoms with Crippen LogP contribution in [-0.4, -0.2) is 9.78 Å². The molecule has 0 atom stereocenters. The molecule has 0 aromatic carbocycles. The number of nitrogens with zero attached hydrogens (tertiary/aromatic N) is 2. The quantitative estimate of drug-likeness (QED) is 0.758. The monoisotopic (exact) mass is 216 g/mol. The average Bonchev–Trinajstić information content (AvgIpc) is 2.65. The van der Waals surface area contributed by atoms with E-state index in [1.165, 1.54) is 49.1 Å². The lowest BCUT2D eigenvalue weighted by Gasteiger charge is -2.10. The fourth-order valence-corrected chi connectivity index (χ4v) is 2.72. The Bertz CT molecular complexity index is 450. The number of aromatic nitrogens is 2. The molecule has 1 aromatic rings. The molecule has 1 aromatic heterocycles. The van der Waals surface area contributed by atoms with Crippen LogP contribution in [0.1, 0.15) is 50.1 Å². The summed E-state index contributed by atoms with van der Waals surface area (Å²) in [5.41, 5.74) is 5.81. The van der Waals surface area contributed by atoms with Gasteiger partial charge in [0.25, 0.3) is 0 Å². The normalized spacial score (nSPS) is 20.9. The highest BCUT2D eigenvalue weighted by Crippen LogP contribution is 2.47. The summed E-state index contributed by atoms with van der Waals surface area (Å²) in [6.45, 7) is 9.61. The topological polar surface area (TPSA) is 17.8 Å². The van der Waals surface area contributed by atoms with Gasteiger partial charge in [-0.15, -0.1) is 0 Å². The number of hydrogen-bond donors (Lipinski definition) is 0. The van der Waals surface area contributed by atoms with Gasteiger partial charge < -0.3 is 0 Å². The van der Waals surface area contributed by atoms with Gasteiger partial charge in [-0.2, -0.15) is 5.10 Å². The van der Waals surface area contributed by atoms with Gasteiger partial charge in [-0.05, 0) is 50.0 Å². The lowest BCUT2D eigenvalue weighted by atomic mass is 10.1. The molecule has 0 amide bonds. The first kappa shape index (κ1) is 10.1. The fraction of sp³-hybridized carbons (Fsp3) is 0.643. The molecule has 2 aliphatic rings. The molecule has 1 fully saturated rings. The maximum atomic E-state index is 4.77. The van der Waals surface area contributed by atoms with Crippen molar-refractivity contribution in [3.05, 3.63) is 23.5 Å². The largest absolute Gasteiger partial charge is 0.268 e. The van der Waals surface area contributed by atoms with Gasteiger partial charge in [0.1, 0.15) is 0 Å². The molecule has 3 rings (SSSR count). The highest BCUT2D eigenvalue weighted by atomic mass is 15.3. The maximum Gasteiger partial charge on any atom is 0.0908 e. The van der Waals surface area contributed by atoms with E-state index in [0.29, 0.717) is 5.41 Å². The number of allylic oxidation sites excluding steroid dienone is 1. The summed E-state index contributed by atoms with van der Waals surface area (Å²) in [6, 6.07) is 0. The highest BCUT2D eigenvalue weighted by Gasteiger charge is 2.39. The second kappa shape index (κ2) is 3.22. The molecule has 86 valence electrons. The van der Waals surface area contributed by atoms with Crippen LogP contribution in [0.25, 0.3) is 5.57 Å². The fourth-order valence-electron chi connectivity index (χ4n) is 2.72. The highest BCUT2D eigenvalue weighted by molar-refractivity contribution is 5.62. The first-order valence-corrected chi connectivity index (χ1v) is 6.33. The van der Waals surface area contributed by atoms with Crippen molar-refractivity contribution in [1.29, 1.82) is 0 Å². The van der Waals surface area contributed by atoms with Crippen molar-refractivity contribution in [3.63, 3.8) is 0 Å². The summed E-state index contributed by atoms with van der Waals surface area (Å²) in [4.78, 5) is 0. The van der Waals surface area contributed by atoms with E-state index in [9.17, 15) is 0 Å². The summed E-state index contributed by atoms with van der Waals surface area (Å²) in [6.07, 6.45) is 6.44. The molecule has 0 aliphatic heterocycles. The second-order valence-corrected chi connectivity index (χ2v) is 5.88. The van der Waals surface area contributed by atoms with Gasteiger partial charge in [0.05, 0.1) is 5.69 Å². The molecular formula is C14H20N2. The molecule has 2 aliphatic carbocycles. The van der Waals surface area contributed by atoms with E-state index in [0.717, 1.165) is 12.1 Å². The molecule has 1 saturated carbocycles. The summed E-state index contributed by atoms with van der Waals surface area (Å²) in [5.74, 6) is 0. The first-order valence-electron chi connectivity index (χ1n) is 6.33. The predicted octanol–water partition coefficient (Wildman–Crippen LogP) is 3.21. The minimum atomic E-state index is 0.536. The van der Waals surface area contributed by atoms with Crippen LogP contribution in [0.5, 0.6) is 0 Å². The van der Waals surface area contributed by atoms with Gasteiger partial charge in [0.2, 0.25) is 0 Å². The Kier molecular flexibility index (Phi) is 2.04. The number of hydrogen-bond acceptors (Lipinski definition) is 1. The van der Waals surface area contributed by atoms with Crippen molar-refractivity contribution in [3.8, 4) is 0 Å². The molecule has 0 unspecified atom stereocenters. The standard InChI is InChI=1S/C14H20N2/c1-10(2)13-11-5-4-6-12(11)16(15-13)9-14(3)7-8-14/h1,4-9H2,2-3H3. The Balaban J connectivity index is 1.99. The van der Waals surface area contributed by atoms with Gasteiger partial charge in [-0.25, -0.2) is 0 Å². The number of rotatable bonds is 3. The lowest BCUT2D eigenvalue weighted by molar-refractivity contribution is 0.421. The summed E-state index contributed by atoms with van der Waals surface area (Å²) < 4.78 is 2.28. The molecule has 0 N–H and O–H groups in total. The summed E-state index contributed by atoms with van der Waals surface area (Å²) in [5, 5.41) is 4.77. The second-order valence-electron chi connectivity index (χ2n) is 5.88. The van der Waals surface area contributed by atoms with Crippen LogP contribution in [-0.2, 0) is 19.4 Å². The van der Waals surface area contributed by atoms with Gasteiger partial charge in [0.15, 0.2) is 0 Å². The third kappa shape index (κ3) is 1.51. The minimum absolute atomic E-state index is 0.536. The van der Waals surface area contributed by atoms with Crippen molar-refractivity contribution >= 4 is 5.57 Å². The van der Waals surface area contributed by atoms with Gasteiger partial charge in [-0.1, -0.05) is 13.5 Å². The Hall–Kier alpha value is -1.05. The molecule has 16 heavy (non-hydrogen) atoms. The number of fused-ring (bicyclic) bond motifs is 1. The van der Waals surface area contributed by atoms with Crippen LogP contribution in [0.3, 0.4) is 0 Å². The van der Waals surface area contributed by atoms with E-state index in [2.05, 4.69) is 25.1 Å². The van der Waals surface area contributed by atoms with Crippen molar-refractivity contribution in [2.45, 2.75) is 52.5 Å². The molecule has 0 bridgehead atoms. The maximum absolute atomic E-state index is 4.77. The third-order valence-electron chi connectivity index (χ3n) is 4.05. The van der Waals surface area contributed by atoms with Gasteiger partial charge in [-0.3, -0.25) is 4.68 Å². The van der Waals surface area contributed by atoms with Crippen LogP contribution in [0.4, 0.5) is 0 Å². The van der Waals surface area contributed by atoms with E-state index in [1.807, 2.05) is 0 Å². The molecule has 2 nitrogen and oxygen atoms in total. The van der Waals surface area contributed by atoms with Crippen molar-refractivity contribution in [2.75, 3.05) is 0 Å². The molecule has 0 radical (unpaired) electrons. The van der Waals surface area contributed by atoms with Gasteiger partial charge in [0, 0.05) is 17.8 Å².